The summed E-state index contributed by atoms with van der Waals surface area (Å²) < 4.78 is 4.75. The van der Waals surface area contributed by atoms with E-state index in [4.69, 9.17) is 4.63 Å². The molecule has 3 rings (SSSR count). The molecule has 0 saturated carbocycles. The van der Waals surface area contributed by atoms with Crippen LogP contribution in [0.3, 0.4) is 0 Å². The fourth-order valence-corrected chi connectivity index (χ4v) is 2.65. The molecule has 1 fully saturated rings. The molecule has 20 heavy (non-hydrogen) atoms. The second kappa shape index (κ2) is 5.58. The van der Waals surface area contributed by atoms with Crippen LogP contribution in [-0.2, 0) is 11.3 Å². The first-order valence-corrected chi connectivity index (χ1v) is 6.99. The van der Waals surface area contributed by atoms with E-state index in [1.165, 1.54) is 0 Å². The number of benzene rings is 1. The van der Waals surface area contributed by atoms with Crippen LogP contribution >= 0.6 is 0 Å². The molecule has 1 unspecified atom stereocenters. The van der Waals surface area contributed by atoms with Gasteiger partial charge in [-0.1, -0.05) is 19.1 Å². The maximum absolute atomic E-state index is 11.8. The molecule has 0 spiro atoms. The number of fused-ring (bicyclic) bond motifs is 1. The van der Waals surface area contributed by atoms with E-state index in [1.807, 2.05) is 23.1 Å². The van der Waals surface area contributed by atoms with Crippen LogP contribution in [0.25, 0.3) is 11.0 Å². The lowest BCUT2D eigenvalue weighted by Crippen LogP contribution is -2.32. The molecule has 1 N–H and O–H groups in total. The lowest BCUT2D eigenvalue weighted by Gasteiger charge is -2.16. The van der Waals surface area contributed by atoms with Gasteiger partial charge in [0.05, 0.1) is 0 Å². The van der Waals surface area contributed by atoms with Gasteiger partial charge in [0.2, 0.25) is 5.91 Å². The van der Waals surface area contributed by atoms with Crippen molar-refractivity contribution >= 4 is 16.9 Å². The zero-order valence-corrected chi connectivity index (χ0v) is 11.5. The Bertz CT molecular complexity index is 610. The standard InChI is InChI=1S/C14H18N4O2/c1-2-6-18-9-11(7-13(18)19)15-8-10-4-3-5-12-14(10)17-20-16-12/h3-5,11,15H,2,6-9H2,1H3. The van der Waals surface area contributed by atoms with Crippen molar-refractivity contribution in [1.29, 1.82) is 0 Å². The normalized spacial score (nSPS) is 19.1. The van der Waals surface area contributed by atoms with Crippen LogP contribution in [0.2, 0.25) is 0 Å². The molecule has 6 nitrogen and oxygen atoms in total. The van der Waals surface area contributed by atoms with E-state index >= 15 is 0 Å². The first-order chi connectivity index (χ1) is 9.78. The number of amides is 1. The molecule has 1 aliphatic heterocycles. The molecule has 0 aliphatic carbocycles. The Labute approximate surface area is 117 Å². The molecule has 1 amide bonds. The Balaban J connectivity index is 1.63. The van der Waals surface area contributed by atoms with E-state index in [0.717, 1.165) is 36.1 Å². The summed E-state index contributed by atoms with van der Waals surface area (Å²) in [7, 11) is 0. The molecular weight excluding hydrogens is 256 g/mol. The van der Waals surface area contributed by atoms with Gasteiger partial charge in [0.15, 0.2) is 0 Å². The molecule has 1 aromatic carbocycles. The molecule has 6 heteroatoms. The molecule has 2 aromatic rings. The number of nitrogens with zero attached hydrogens (tertiary/aromatic N) is 3. The Morgan fingerprint density at radius 1 is 1.45 bits per heavy atom. The molecule has 1 saturated heterocycles. The van der Waals surface area contributed by atoms with Gasteiger partial charge in [0.1, 0.15) is 11.0 Å². The fourth-order valence-electron chi connectivity index (χ4n) is 2.65. The number of hydrogen-bond donors (Lipinski definition) is 1. The van der Waals surface area contributed by atoms with Gasteiger partial charge in [-0.15, -0.1) is 0 Å². The van der Waals surface area contributed by atoms with Gasteiger partial charge in [0.25, 0.3) is 0 Å². The molecule has 1 aliphatic rings. The molecule has 2 heterocycles. The Morgan fingerprint density at radius 3 is 3.20 bits per heavy atom. The highest BCUT2D eigenvalue weighted by atomic mass is 16.6. The second-order valence-electron chi connectivity index (χ2n) is 5.17. The minimum atomic E-state index is 0.212. The van der Waals surface area contributed by atoms with Gasteiger partial charge in [-0.25, -0.2) is 4.63 Å². The number of likely N-dealkylation sites (tertiary alicyclic amines) is 1. The summed E-state index contributed by atoms with van der Waals surface area (Å²) in [6, 6.07) is 6.02. The van der Waals surface area contributed by atoms with Crippen molar-refractivity contribution < 1.29 is 9.42 Å². The van der Waals surface area contributed by atoms with Crippen LogP contribution in [0.5, 0.6) is 0 Å². The minimum Gasteiger partial charge on any atom is -0.341 e. The van der Waals surface area contributed by atoms with Crippen molar-refractivity contribution in [3.8, 4) is 0 Å². The summed E-state index contributed by atoms with van der Waals surface area (Å²) in [6.45, 7) is 4.40. The van der Waals surface area contributed by atoms with E-state index in [2.05, 4.69) is 22.6 Å². The van der Waals surface area contributed by atoms with Crippen LogP contribution in [0, 0.1) is 0 Å². The summed E-state index contributed by atoms with van der Waals surface area (Å²) in [6.07, 6.45) is 1.58. The highest BCUT2D eigenvalue weighted by Gasteiger charge is 2.28. The second-order valence-corrected chi connectivity index (χ2v) is 5.17. The molecule has 0 radical (unpaired) electrons. The lowest BCUT2D eigenvalue weighted by atomic mass is 10.1. The van der Waals surface area contributed by atoms with E-state index < -0.39 is 0 Å². The van der Waals surface area contributed by atoms with E-state index in [1.54, 1.807) is 0 Å². The van der Waals surface area contributed by atoms with Gasteiger partial charge in [-0.2, -0.15) is 0 Å². The molecule has 106 valence electrons. The topological polar surface area (TPSA) is 71.3 Å². The zero-order chi connectivity index (χ0) is 13.9. The average molecular weight is 274 g/mol. The summed E-state index contributed by atoms with van der Waals surface area (Å²) in [5, 5.41) is 11.2. The number of carbonyl (C=O) groups excluding carboxylic acids is 1. The van der Waals surface area contributed by atoms with Gasteiger partial charge in [0, 0.05) is 32.1 Å². The van der Waals surface area contributed by atoms with Crippen molar-refractivity contribution in [2.45, 2.75) is 32.4 Å². The van der Waals surface area contributed by atoms with E-state index in [-0.39, 0.29) is 11.9 Å². The zero-order valence-electron chi connectivity index (χ0n) is 11.5. The monoisotopic (exact) mass is 274 g/mol. The number of carbonyl (C=O) groups is 1. The van der Waals surface area contributed by atoms with Gasteiger partial charge in [-0.05, 0) is 28.4 Å². The maximum atomic E-state index is 11.8. The van der Waals surface area contributed by atoms with Crippen molar-refractivity contribution in [3.05, 3.63) is 23.8 Å². The first kappa shape index (κ1) is 13.1. The average Bonchev–Trinajstić information content (AvgIpc) is 3.04. The van der Waals surface area contributed by atoms with Crippen molar-refractivity contribution in [2.75, 3.05) is 13.1 Å². The van der Waals surface area contributed by atoms with Crippen LogP contribution < -0.4 is 5.32 Å². The van der Waals surface area contributed by atoms with Crippen LogP contribution in [0.1, 0.15) is 25.3 Å². The van der Waals surface area contributed by atoms with Gasteiger partial charge < -0.3 is 10.2 Å². The highest BCUT2D eigenvalue weighted by Crippen LogP contribution is 2.16. The molecule has 1 aromatic heterocycles. The van der Waals surface area contributed by atoms with Crippen molar-refractivity contribution in [1.82, 2.24) is 20.5 Å². The summed E-state index contributed by atoms with van der Waals surface area (Å²) in [5.41, 5.74) is 2.60. The largest absolute Gasteiger partial charge is 0.341 e. The van der Waals surface area contributed by atoms with Crippen LogP contribution in [-0.4, -0.2) is 40.3 Å². The van der Waals surface area contributed by atoms with Crippen LogP contribution in [0.4, 0.5) is 0 Å². The highest BCUT2D eigenvalue weighted by molar-refractivity contribution is 5.79. The predicted molar refractivity (Wildman–Crippen MR) is 73.9 cm³/mol. The first-order valence-electron chi connectivity index (χ1n) is 6.99. The van der Waals surface area contributed by atoms with Crippen LogP contribution in [0.15, 0.2) is 22.8 Å². The number of rotatable bonds is 5. The van der Waals surface area contributed by atoms with E-state index in [0.29, 0.717) is 13.0 Å². The summed E-state index contributed by atoms with van der Waals surface area (Å²) >= 11 is 0. The third-order valence-electron chi connectivity index (χ3n) is 3.66. The van der Waals surface area contributed by atoms with Crippen molar-refractivity contribution in [3.63, 3.8) is 0 Å². The van der Waals surface area contributed by atoms with Gasteiger partial charge in [-0.3, -0.25) is 4.79 Å². The lowest BCUT2D eigenvalue weighted by molar-refractivity contribution is -0.127. The predicted octanol–water partition coefficient (Wildman–Crippen LogP) is 1.32. The number of nitrogens with one attached hydrogen (secondary N) is 1. The number of hydrogen-bond acceptors (Lipinski definition) is 5. The Hall–Kier alpha value is -1.95. The minimum absolute atomic E-state index is 0.212. The third kappa shape index (κ3) is 2.51. The SMILES string of the molecule is CCCN1CC(NCc2cccc3nonc23)CC1=O. The smallest absolute Gasteiger partial charge is 0.224 e. The molecule has 1 atom stereocenters. The maximum Gasteiger partial charge on any atom is 0.224 e. The van der Waals surface area contributed by atoms with Crippen molar-refractivity contribution in [2.24, 2.45) is 0 Å². The van der Waals surface area contributed by atoms with Gasteiger partial charge >= 0.3 is 0 Å². The summed E-state index contributed by atoms with van der Waals surface area (Å²) in [4.78, 5) is 13.7. The Morgan fingerprint density at radius 2 is 2.35 bits per heavy atom. The third-order valence-corrected chi connectivity index (χ3v) is 3.66. The number of aromatic nitrogens is 2. The quantitative estimate of drug-likeness (QED) is 0.890. The van der Waals surface area contributed by atoms with E-state index in [9.17, 15) is 4.79 Å². The fraction of sp³-hybridized carbons (Fsp3) is 0.500. The summed E-state index contributed by atoms with van der Waals surface area (Å²) in [5.74, 6) is 0.241. The Kier molecular flexibility index (Phi) is 3.64. The molecule has 0 bridgehead atoms. The molecular formula is C14H18N4O2.